The minimum atomic E-state index is -3.50. The zero-order valence-electron chi connectivity index (χ0n) is 17.8. The molecule has 1 aromatic rings. The molecule has 1 atom stereocenters. The molecule has 1 heterocycles. The van der Waals surface area contributed by atoms with Gasteiger partial charge in [0, 0.05) is 13.0 Å². The molecule has 1 unspecified atom stereocenters. The number of carbonyl (C=O) groups is 3. The van der Waals surface area contributed by atoms with Gasteiger partial charge >= 0.3 is 17.9 Å². The van der Waals surface area contributed by atoms with Crippen molar-refractivity contribution in [2.75, 3.05) is 27.0 Å². The number of dihydropyridines is 1. The van der Waals surface area contributed by atoms with Gasteiger partial charge < -0.3 is 19.5 Å². The average Bonchev–Trinajstić information content (AvgIpc) is 2.74. The van der Waals surface area contributed by atoms with Gasteiger partial charge in [0.15, 0.2) is 0 Å². The minimum absolute atomic E-state index is 0.206. The second kappa shape index (κ2) is 10.9. The first kappa shape index (κ1) is 25.8. The number of hydrogen-bond acceptors (Lipinski definition) is 7. The van der Waals surface area contributed by atoms with Crippen molar-refractivity contribution in [1.82, 2.24) is 5.32 Å². The highest BCUT2D eigenvalue weighted by molar-refractivity contribution is 6.00. The van der Waals surface area contributed by atoms with Crippen molar-refractivity contribution in [2.24, 2.45) is 0 Å². The van der Waals surface area contributed by atoms with Gasteiger partial charge in [0.25, 0.3) is 6.43 Å². The van der Waals surface area contributed by atoms with E-state index in [0.717, 1.165) is 14.0 Å². The van der Waals surface area contributed by atoms with E-state index < -0.39 is 83.1 Å². The van der Waals surface area contributed by atoms with E-state index >= 15 is 0 Å². The third kappa shape index (κ3) is 5.49. The molecule has 2 rings (SSSR count). The van der Waals surface area contributed by atoms with Gasteiger partial charge in [-0.25, -0.2) is 31.5 Å². The Kier molecular flexibility index (Phi) is 8.55. The van der Waals surface area contributed by atoms with Crippen LogP contribution in [0.15, 0.2) is 34.7 Å². The summed E-state index contributed by atoms with van der Waals surface area (Å²) >= 11 is 0. The molecule has 1 aliphatic heterocycles. The number of nitrogens with one attached hydrogen (secondary N) is 1. The predicted molar refractivity (Wildman–Crippen MR) is 103 cm³/mol. The van der Waals surface area contributed by atoms with E-state index in [9.17, 15) is 36.3 Å². The lowest BCUT2D eigenvalue weighted by Gasteiger charge is -2.32. The predicted octanol–water partition coefficient (Wildman–Crippen LogP) is 3.37. The van der Waals surface area contributed by atoms with Crippen LogP contribution in [0, 0.1) is 11.6 Å². The van der Waals surface area contributed by atoms with Crippen LogP contribution in [0.5, 0.6) is 0 Å². The number of hydrogen-bond donors (Lipinski definition) is 1. The maximum atomic E-state index is 14.4. The molecule has 0 fully saturated rings. The summed E-state index contributed by atoms with van der Waals surface area (Å²) in [4.78, 5) is 36.7. The number of rotatable bonds is 8. The second-order valence-corrected chi connectivity index (χ2v) is 6.66. The molecule has 1 aliphatic rings. The van der Waals surface area contributed by atoms with Crippen LogP contribution in [0.3, 0.4) is 0 Å². The lowest BCUT2D eigenvalue weighted by molar-refractivity contribution is -0.142. The van der Waals surface area contributed by atoms with Crippen molar-refractivity contribution < 1.29 is 50.5 Å². The normalized spacial score (nSPS) is 16.0. The molecule has 0 aromatic heterocycles. The molecule has 1 N–H and O–H groups in total. The number of alkyl halides is 3. The smallest absolute Gasteiger partial charge is 0.336 e. The lowest BCUT2D eigenvalue weighted by atomic mass is 9.78. The molecule has 1 aromatic carbocycles. The first-order valence-electron chi connectivity index (χ1n) is 9.52. The van der Waals surface area contributed by atoms with E-state index in [4.69, 9.17) is 9.47 Å². The summed E-state index contributed by atoms with van der Waals surface area (Å²) in [6, 6.07) is 0.708. The zero-order valence-corrected chi connectivity index (χ0v) is 17.8. The van der Waals surface area contributed by atoms with Gasteiger partial charge in [-0.1, -0.05) is 0 Å². The van der Waals surface area contributed by atoms with Crippen molar-refractivity contribution >= 4 is 17.9 Å². The Morgan fingerprint density at radius 3 is 2.21 bits per heavy atom. The molecule has 7 nitrogen and oxygen atoms in total. The van der Waals surface area contributed by atoms with Gasteiger partial charge in [0.2, 0.25) is 0 Å². The summed E-state index contributed by atoms with van der Waals surface area (Å²) in [5.74, 6) is -8.10. The van der Waals surface area contributed by atoms with Gasteiger partial charge in [-0.05, 0) is 18.6 Å². The van der Waals surface area contributed by atoms with Crippen LogP contribution in [-0.4, -0.2) is 44.9 Å². The highest BCUT2D eigenvalue weighted by atomic mass is 19.3. The third-order valence-electron chi connectivity index (χ3n) is 4.64. The quantitative estimate of drug-likeness (QED) is 0.349. The van der Waals surface area contributed by atoms with E-state index in [1.807, 2.05) is 0 Å². The summed E-state index contributed by atoms with van der Waals surface area (Å²) in [7, 11) is 0.907. The molecule has 180 valence electrons. The molecule has 0 spiro atoms. The highest BCUT2D eigenvalue weighted by Crippen LogP contribution is 2.43. The number of methoxy groups -OCH3 is 1. The Balaban J connectivity index is 2.96. The standard InChI is InChI=1S/C21H20F5NO6/c1-4-32-21(30)18-14(8-33-9(2)28)27-13(7-22)17(20(29)31-3)16(18)11-5-10(23)6-12(24)15(11)19(25)26/h5-6,16,19,27H,4,7-8H2,1-3H3. The van der Waals surface area contributed by atoms with Gasteiger partial charge in [-0.15, -0.1) is 0 Å². The summed E-state index contributed by atoms with van der Waals surface area (Å²) in [6.45, 7) is 0.185. The van der Waals surface area contributed by atoms with Gasteiger partial charge in [0.1, 0.15) is 24.9 Å². The average molecular weight is 477 g/mol. The summed E-state index contributed by atoms with van der Waals surface area (Å²) in [5, 5.41) is 2.42. The monoisotopic (exact) mass is 477 g/mol. The molecule has 33 heavy (non-hydrogen) atoms. The number of benzene rings is 1. The van der Waals surface area contributed by atoms with Crippen LogP contribution in [-0.2, 0) is 28.6 Å². The molecule has 0 aliphatic carbocycles. The number of allylic oxidation sites excluding steroid dienone is 1. The van der Waals surface area contributed by atoms with E-state index in [1.54, 1.807) is 0 Å². The Morgan fingerprint density at radius 2 is 1.70 bits per heavy atom. The number of halogens is 5. The van der Waals surface area contributed by atoms with E-state index in [0.29, 0.717) is 6.07 Å². The van der Waals surface area contributed by atoms with Gasteiger partial charge in [-0.3, -0.25) is 4.79 Å². The SMILES string of the molecule is CCOC(=O)C1=C(COC(C)=O)NC(CF)=C(C(=O)OC)C1c1cc(F)cc(F)c1C(F)F. The van der Waals surface area contributed by atoms with E-state index in [2.05, 4.69) is 10.1 Å². The molecule has 0 saturated heterocycles. The van der Waals surface area contributed by atoms with Crippen LogP contribution in [0.1, 0.15) is 37.3 Å². The van der Waals surface area contributed by atoms with Crippen LogP contribution in [0.2, 0.25) is 0 Å². The van der Waals surface area contributed by atoms with Crippen LogP contribution in [0.25, 0.3) is 0 Å². The second-order valence-electron chi connectivity index (χ2n) is 6.66. The Bertz CT molecular complexity index is 1020. The van der Waals surface area contributed by atoms with E-state index in [1.165, 1.54) is 6.92 Å². The maximum Gasteiger partial charge on any atom is 0.336 e. The van der Waals surface area contributed by atoms with Crippen molar-refractivity contribution in [3.05, 3.63) is 57.4 Å². The van der Waals surface area contributed by atoms with Crippen LogP contribution < -0.4 is 5.32 Å². The minimum Gasteiger partial charge on any atom is -0.466 e. The van der Waals surface area contributed by atoms with Gasteiger partial charge in [-0.2, -0.15) is 0 Å². The van der Waals surface area contributed by atoms with Crippen molar-refractivity contribution in [3.8, 4) is 0 Å². The molecule has 0 amide bonds. The van der Waals surface area contributed by atoms with Gasteiger partial charge in [0.05, 0.1) is 47.7 Å². The molecule has 0 radical (unpaired) electrons. The maximum absolute atomic E-state index is 14.4. The van der Waals surface area contributed by atoms with Crippen molar-refractivity contribution in [2.45, 2.75) is 26.2 Å². The molecule has 0 bridgehead atoms. The molecular weight excluding hydrogens is 457 g/mol. The van der Waals surface area contributed by atoms with Crippen LogP contribution in [0.4, 0.5) is 22.0 Å². The van der Waals surface area contributed by atoms with E-state index in [-0.39, 0.29) is 18.4 Å². The fourth-order valence-electron chi connectivity index (χ4n) is 3.39. The largest absolute Gasteiger partial charge is 0.466 e. The number of carbonyl (C=O) groups excluding carboxylic acids is 3. The summed E-state index contributed by atoms with van der Waals surface area (Å²) < 4.78 is 84.4. The zero-order chi connectivity index (χ0) is 24.9. The lowest BCUT2D eigenvalue weighted by Crippen LogP contribution is -2.36. The summed E-state index contributed by atoms with van der Waals surface area (Å²) in [6.07, 6.45) is -3.50. The Morgan fingerprint density at radius 1 is 1.06 bits per heavy atom. The molecule has 0 saturated carbocycles. The third-order valence-corrected chi connectivity index (χ3v) is 4.64. The first-order chi connectivity index (χ1) is 15.6. The van der Waals surface area contributed by atoms with Crippen molar-refractivity contribution in [3.63, 3.8) is 0 Å². The summed E-state index contributed by atoms with van der Waals surface area (Å²) in [5.41, 5.74) is -4.25. The number of esters is 3. The first-order valence-corrected chi connectivity index (χ1v) is 9.52. The fourth-order valence-corrected chi connectivity index (χ4v) is 3.39. The van der Waals surface area contributed by atoms with Crippen LogP contribution >= 0.6 is 0 Å². The topological polar surface area (TPSA) is 90.9 Å². The molecular formula is C21H20F5NO6. The fraction of sp³-hybridized carbons (Fsp3) is 0.381. The molecule has 12 heteroatoms. The highest BCUT2D eigenvalue weighted by Gasteiger charge is 2.42. The van der Waals surface area contributed by atoms with Crippen molar-refractivity contribution in [1.29, 1.82) is 0 Å². The number of ether oxygens (including phenoxy) is 3. The Hall–Kier alpha value is -3.44. The Labute approximate surface area is 185 Å².